The first-order valence-electron chi connectivity index (χ1n) is 6.52. The van der Waals surface area contributed by atoms with Gasteiger partial charge >= 0.3 is 0 Å². The molecule has 0 amide bonds. The second kappa shape index (κ2) is 6.75. The van der Waals surface area contributed by atoms with Crippen LogP contribution in [0.25, 0.3) is 0 Å². The number of nitrogens with two attached hydrogens (primary N) is 1. The van der Waals surface area contributed by atoms with Crippen molar-refractivity contribution >= 4 is 10.0 Å². The molecule has 21 heavy (non-hydrogen) atoms. The van der Waals surface area contributed by atoms with E-state index in [-0.39, 0.29) is 12.3 Å². The van der Waals surface area contributed by atoms with Crippen molar-refractivity contribution in [2.45, 2.75) is 25.8 Å². The Kier molecular flexibility index (Phi) is 5.00. The summed E-state index contributed by atoms with van der Waals surface area (Å²) in [6.07, 6.45) is 1.61. The summed E-state index contributed by atoms with van der Waals surface area (Å²) in [5, 5.41) is 0. The molecule has 112 valence electrons. The van der Waals surface area contributed by atoms with Gasteiger partial charge in [0.1, 0.15) is 5.82 Å². The van der Waals surface area contributed by atoms with Crippen molar-refractivity contribution in [3.8, 4) is 0 Å². The van der Waals surface area contributed by atoms with Crippen LogP contribution in [0.1, 0.15) is 22.6 Å². The van der Waals surface area contributed by atoms with Gasteiger partial charge in [-0.25, -0.2) is 23.1 Å². The Balaban J connectivity index is 2.01. The van der Waals surface area contributed by atoms with Gasteiger partial charge in [-0.1, -0.05) is 24.3 Å². The summed E-state index contributed by atoms with van der Waals surface area (Å²) in [5.41, 5.74) is 7.82. The van der Waals surface area contributed by atoms with Crippen LogP contribution in [0.5, 0.6) is 0 Å². The molecule has 0 aliphatic heterocycles. The second-order valence-corrected chi connectivity index (χ2v) is 6.51. The van der Waals surface area contributed by atoms with Crippen molar-refractivity contribution < 1.29 is 8.42 Å². The molecule has 0 atom stereocenters. The predicted molar refractivity (Wildman–Crippen MR) is 80.6 cm³/mol. The molecule has 0 aliphatic carbocycles. The maximum absolute atomic E-state index is 12.1. The molecule has 1 heterocycles. The first-order chi connectivity index (χ1) is 9.98. The zero-order valence-corrected chi connectivity index (χ0v) is 12.6. The SMILES string of the molecule is Cc1nccc(CNS(=O)(=O)Cc2cccc(CN)c2)n1. The lowest BCUT2D eigenvalue weighted by atomic mass is 10.1. The van der Waals surface area contributed by atoms with Crippen molar-refractivity contribution in [2.24, 2.45) is 5.73 Å². The van der Waals surface area contributed by atoms with Gasteiger partial charge in [-0.15, -0.1) is 0 Å². The molecule has 1 aromatic heterocycles. The summed E-state index contributed by atoms with van der Waals surface area (Å²) >= 11 is 0. The number of aryl methyl sites for hydroxylation is 1. The molecule has 0 saturated carbocycles. The molecule has 0 radical (unpaired) electrons. The number of rotatable bonds is 6. The van der Waals surface area contributed by atoms with Gasteiger partial charge in [-0.05, 0) is 24.1 Å². The summed E-state index contributed by atoms with van der Waals surface area (Å²) in [6, 6.07) is 8.93. The van der Waals surface area contributed by atoms with Crippen LogP contribution in [0, 0.1) is 6.92 Å². The largest absolute Gasteiger partial charge is 0.326 e. The zero-order valence-electron chi connectivity index (χ0n) is 11.8. The van der Waals surface area contributed by atoms with Gasteiger partial charge < -0.3 is 5.73 Å². The van der Waals surface area contributed by atoms with Gasteiger partial charge in [-0.2, -0.15) is 0 Å². The molecule has 7 heteroatoms. The van der Waals surface area contributed by atoms with Crippen molar-refractivity contribution in [1.82, 2.24) is 14.7 Å². The van der Waals surface area contributed by atoms with E-state index in [2.05, 4.69) is 14.7 Å². The van der Waals surface area contributed by atoms with Gasteiger partial charge in [0, 0.05) is 12.7 Å². The fraction of sp³-hybridized carbons (Fsp3) is 0.286. The molecule has 1 aromatic carbocycles. The van der Waals surface area contributed by atoms with Crippen LogP contribution < -0.4 is 10.5 Å². The fourth-order valence-electron chi connectivity index (χ4n) is 1.90. The predicted octanol–water partition coefficient (Wildman–Crippen LogP) is 0.863. The molecule has 0 unspecified atom stereocenters. The normalized spacial score (nSPS) is 11.5. The van der Waals surface area contributed by atoms with Crippen LogP contribution in [0.4, 0.5) is 0 Å². The molecule has 3 N–H and O–H groups in total. The number of aromatic nitrogens is 2. The van der Waals surface area contributed by atoms with Crippen LogP contribution in [-0.4, -0.2) is 18.4 Å². The lowest BCUT2D eigenvalue weighted by molar-refractivity contribution is 0.579. The Morgan fingerprint density at radius 1 is 1.24 bits per heavy atom. The number of nitrogens with one attached hydrogen (secondary N) is 1. The van der Waals surface area contributed by atoms with Crippen molar-refractivity contribution in [3.63, 3.8) is 0 Å². The lowest BCUT2D eigenvalue weighted by Crippen LogP contribution is -2.25. The highest BCUT2D eigenvalue weighted by Gasteiger charge is 2.12. The first kappa shape index (κ1) is 15.6. The standard InChI is InChI=1S/C14H18N4O2S/c1-11-16-6-5-14(18-11)9-17-21(19,20)10-13-4-2-3-12(7-13)8-15/h2-7,17H,8-10,15H2,1H3. The molecule has 0 spiro atoms. The Hall–Kier alpha value is -1.83. The van der Waals surface area contributed by atoms with E-state index in [1.807, 2.05) is 6.07 Å². The third-order valence-corrected chi connectivity index (χ3v) is 4.19. The Morgan fingerprint density at radius 3 is 2.71 bits per heavy atom. The fourth-order valence-corrected chi connectivity index (χ4v) is 2.99. The maximum atomic E-state index is 12.1. The van der Waals surface area contributed by atoms with Crippen molar-refractivity contribution in [3.05, 3.63) is 59.2 Å². The van der Waals surface area contributed by atoms with Crippen LogP contribution in [0.2, 0.25) is 0 Å². The van der Waals surface area contributed by atoms with Gasteiger partial charge in [0.05, 0.1) is 18.0 Å². The summed E-state index contributed by atoms with van der Waals surface area (Å²) < 4.78 is 26.7. The van der Waals surface area contributed by atoms with Crippen molar-refractivity contribution in [2.75, 3.05) is 0 Å². The highest BCUT2D eigenvalue weighted by molar-refractivity contribution is 7.88. The number of hydrogen-bond acceptors (Lipinski definition) is 5. The minimum absolute atomic E-state index is 0.0785. The molecule has 2 aromatic rings. The van der Waals surface area contributed by atoms with Gasteiger partial charge in [-0.3, -0.25) is 0 Å². The summed E-state index contributed by atoms with van der Waals surface area (Å²) in [6.45, 7) is 2.31. The molecule has 0 bridgehead atoms. The second-order valence-electron chi connectivity index (χ2n) is 4.70. The van der Waals surface area contributed by atoms with Crippen LogP contribution in [0.15, 0.2) is 36.5 Å². The number of sulfonamides is 1. The lowest BCUT2D eigenvalue weighted by Gasteiger charge is -2.08. The Bertz CT molecular complexity index is 716. The van der Waals surface area contributed by atoms with E-state index in [0.717, 1.165) is 5.56 Å². The summed E-state index contributed by atoms with van der Waals surface area (Å²) in [5.74, 6) is 0.535. The first-order valence-corrected chi connectivity index (χ1v) is 8.17. The van der Waals surface area contributed by atoms with E-state index in [9.17, 15) is 8.42 Å². The topological polar surface area (TPSA) is 98.0 Å². The third-order valence-electron chi connectivity index (χ3n) is 2.89. The average Bonchev–Trinajstić information content (AvgIpc) is 2.45. The van der Waals surface area contributed by atoms with E-state index in [0.29, 0.717) is 23.6 Å². The van der Waals surface area contributed by atoms with E-state index in [4.69, 9.17) is 5.73 Å². The van der Waals surface area contributed by atoms with Gasteiger partial charge in [0.25, 0.3) is 0 Å². The number of benzene rings is 1. The van der Waals surface area contributed by atoms with Crippen molar-refractivity contribution in [1.29, 1.82) is 0 Å². The van der Waals surface area contributed by atoms with Crippen LogP contribution >= 0.6 is 0 Å². The minimum atomic E-state index is -3.42. The van der Waals surface area contributed by atoms with E-state index in [1.54, 1.807) is 37.4 Å². The molecule has 6 nitrogen and oxygen atoms in total. The van der Waals surface area contributed by atoms with E-state index < -0.39 is 10.0 Å². The third kappa shape index (κ3) is 4.89. The Labute approximate surface area is 124 Å². The van der Waals surface area contributed by atoms with Gasteiger partial charge in [0.2, 0.25) is 10.0 Å². The summed E-state index contributed by atoms with van der Waals surface area (Å²) in [7, 11) is -3.42. The highest BCUT2D eigenvalue weighted by Crippen LogP contribution is 2.08. The molecule has 0 fully saturated rings. The highest BCUT2D eigenvalue weighted by atomic mass is 32.2. The molecular weight excluding hydrogens is 288 g/mol. The molecular formula is C14H18N4O2S. The maximum Gasteiger partial charge on any atom is 0.216 e. The van der Waals surface area contributed by atoms with E-state index in [1.165, 1.54) is 0 Å². The molecule has 0 aliphatic rings. The molecule has 0 saturated heterocycles. The summed E-state index contributed by atoms with van der Waals surface area (Å²) in [4.78, 5) is 8.13. The van der Waals surface area contributed by atoms with Gasteiger partial charge in [0.15, 0.2) is 0 Å². The monoisotopic (exact) mass is 306 g/mol. The number of nitrogens with zero attached hydrogens (tertiary/aromatic N) is 2. The Morgan fingerprint density at radius 2 is 2.00 bits per heavy atom. The number of hydrogen-bond donors (Lipinski definition) is 2. The minimum Gasteiger partial charge on any atom is -0.326 e. The van der Waals surface area contributed by atoms with Crippen LogP contribution in [0.3, 0.4) is 0 Å². The quantitative estimate of drug-likeness (QED) is 0.825. The smallest absolute Gasteiger partial charge is 0.216 e. The van der Waals surface area contributed by atoms with E-state index >= 15 is 0 Å². The van der Waals surface area contributed by atoms with Crippen LogP contribution in [-0.2, 0) is 28.9 Å². The average molecular weight is 306 g/mol. The zero-order chi connectivity index (χ0) is 15.3. The molecule has 2 rings (SSSR count).